The molecule has 0 radical (unpaired) electrons. The van der Waals surface area contributed by atoms with Gasteiger partial charge in [0.1, 0.15) is 0 Å². The Kier molecular flexibility index (Phi) is 5.49. The highest BCUT2D eigenvalue weighted by atomic mass is 16.3. The maximum absolute atomic E-state index is 12.5. The Hall–Kier alpha value is -4.39. The number of phenols is 2. The summed E-state index contributed by atoms with van der Waals surface area (Å²) in [5, 5.41) is 24.4. The second-order valence-corrected chi connectivity index (χ2v) is 6.96. The fraction of sp³-hybridized carbons (Fsp3) is 0.0417. The van der Waals surface area contributed by atoms with Crippen LogP contribution >= 0.6 is 0 Å². The number of carbonyl (C=O) groups is 2. The molecule has 1 aliphatic heterocycles. The zero-order valence-electron chi connectivity index (χ0n) is 16.4. The van der Waals surface area contributed by atoms with Crippen molar-refractivity contribution in [1.29, 1.82) is 0 Å². The highest BCUT2D eigenvalue weighted by Gasteiger charge is 2.27. The normalized spacial score (nSPS) is 14.5. The first-order valence-electron chi connectivity index (χ1n) is 9.54. The number of phenolic OH excluding ortho intramolecular Hbond substituents is 2. The van der Waals surface area contributed by atoms with Gasteiger partial charge in [0.05, 0.1) is 5.57 Å². The van der Waals surface area contributed by atoms with Gasteiger partial charge in [-0.15, -0.1) is 0 Å². The number of benzene rings is 2. The van der Waals surface area contributed by atoms with Crippen LogP contribution in [0.1, 0.15) is 32.6 Å². The van der Waals surface area contributed by atoms with Crippen molar-refractivity contribution in [2.45, 2.75) is 6.54 Å². The number of nitrogens with one attached hydrogen (secondary N) is 2. The van der Waals surface area contributed by atoms with Crippen LogP contribution in [0.15, 0.2) is 67.1 Å². The molecular formula is C24H19N3O4. The SMILES string of the molecule is O=C1NC(=O)c2ccc(/C=C/c3ccncc3)cc2/C1=C/NCc1ccc(O)c(O)c1. The van der Waals surface area contributed by atoms with Crippen LogP contribution in [0.25, 0.3) is 17.7 Å². The molecule has 31 heavy (non-hydrogen) atoms. The van der Waals surface area contributed by atoms with Crippen LogP contribution in [0.5, 0.6) is 11.5 Å². The lowest BCUT2D eigenvalue weighted by Gasteiger charge is -2.19. The van der Waals surface area contributed by atoms with Crippen molar-refractivity contribution < 1.29 is 19.8 Å². The van der Waals surface area contributed by atoms with Gasteiger partial charge in [0.2, 0.25) is 0 Å². The summed E-state index contributed by atoms with van der Waals surface area (Å²) in [5.41, 5.74) is 3.82. The molecule has 2 heterocycles. The van der Waals surface area contributed by atoms with E-state index in [0.717, 1.165) is 11.1 Å². The van der Waals surface area contributed by atoms with E-state index in [2.05, 4.69) is 15.6 Å². The first-order valence-corrected chi connectivity index (χ1v) is 9.54. The maximum Gasteiger partial charge on any atom is 0.260 e. The van der Waals surface area contributed by atoms with Gasteiger partial charge in [-0.3, -0.25) is 19.9 Å². The second-order valence-electron chi connectivity index (χ2n) is 6.96. The summed E-state index contributed by atoms with van der Waals surface area (Å²) in [6.07, 6.45) is 8.77. The van der Waals surface area contributed by atoms with Crippen molar-refractivity contribution in [2.24, 2.45) is 0 Å². The van der Waals surface area contributed by atoms with Crippen LogP contribution < -0.4 is 10.6 Å². The number of pyridine rings is 1. The van der Waals surface area contributed by atoms with E-state index in [1.807, 2.05) is 30.4 Å². The molecule has 7 nitrogen and oxygen atoms in total. The fourth-order valence-corrected chi connectivity index (χ4v) is 3.21. The van der Waals surface area contributed by atoms with Crippen molar-refractivity contribution in [2.75, 3.05) is 0 Å². The van der Waals surface area contributed by atoms with Gasteiger partial charge < -0.3 is 15.5 Å². The lowest BCUT2D eigenvalue weighted by Crippen LogP contribution is -2.37. The molecule has 4 rings (SSSR count). The number of nitrogens with zero attached hydrogens (tertiary/aromatic N) is 1. The molecule has 0 unspecified atom stereocenters. The van der Waals surface area contributed by atoms with Gasteiger partial charge in [-0.25, -0.2) is 0 Å². The Bertz CT molecular complexity index is 1220. The van der Waals surface area contributed by atoms with Crippen LogP contribution in [0.4, 0.5) is 0 Å². The molecule has 0 aliphatic carbocycles. The highest BCUT2D eigenvalue weighted by Crippen LogP contribution is 2.27. The minimum absolute atomic E-state index is 0.200. The number of carbonyl (C=O) groups excluding carboxylic acids is 2. The molecule has 2 aromatic carbocycles. The Labute approximate surface area is 178 Å². The minimum Gasteiger partial charge on any atom is -0.504 e. The monoisotopic (exact) mass is 413 g/mol. The van der Waals surface area contributed by atoms with Crippen molar-refractivity contribution in [1.82, 2.24) is 15.6 Å². The van der Waals surface area contributed by atoms with E-state index < -0.39 is 11.8 Å². The smallest absolute Gasteiger partial charge is 0.260 e. The van der Waals surface area contributed by atoms with E-state index >= 15 is 0 Å². The molecule has 2 amide bonds. The quantitative estimate of drug-likeness (QED) is 0.291. The molecule has 4 N–H and O–H groups in total. The molecule has 1 aliphatic rings. The second kappa shape index (κ2) is 8.54. The molecule has 1 aromatic heterocycles. The first-order chi connectivity index (χ1) is 15.0. The number of rotatable bonds is 5. The lowest BCUT2D eigenvalue weighted by molar-refractivity contribution is -0.114. The third-order valence-corrected chi connectivity index (χ3v) is 4.82. The van der Waals surface area contributed by atoms with Crippen LogP contribution in [-0.2, 0) is 11.3 Å². The van der Waals surface area contributed by atoms with E-state index in [1.165, 1.54) is 12.1 Å². The molecule has 0 saturated carbocycles. The minimum atomic E-state index is -0.492. The predicted octanol–water partition coefficient (Wildman–Crippen LogP) is 3.06. The van der Waals surface area contributed by atoms with E-state index in [1.54, 1.807) is 36.8 Å². The molecule has 154 valence electrons. The molecule has 0 saturated heterocycles. The van der Waals surface area contributed by atoms with Crippen LogP contribution in [-0.4, -0.2) is 27.0 Å². The van der Waals surface area contributed by atoms with E-state index in [-0.39, 0.29) is 11.5 Å². The number of imide groups is 1. The predicted molar refractivity (Wildman–Crippen MR) is 117 cm³/mol. The number of amides is 2. The summed E-state index contributed by atoms with van der Waals surface area (Å²) in [6.45, 7) is 0.315. The standard InChI is InChI=1S/C24H19N3O4/c28-21-6-4-17(12-22(21)29)13-26-14-20-19-11-16(2-1-15-7-9-25-10-8-15)3-5-18(19)23(30)27-24(20)31/h1-12,14,26,28-29H,13H2,(H,27,30,31)/b2-1+,20-14-. The number of fused-ring (bicyclic) bond motifs is 1. The van der Waals surface area contributed by atoms with Gasteiger partial charge in [-0.1, -0.05) is 24.3 Å². The summed E-state index contributed by atoms with van der Waals surface area (Å²) >= 11 is 0. The molecule has 0 bridgehead atoms. The average molecular weight is 413 g/mol. The Morgan fingerprint density at radius 2 is 1.61 bits per heavy atom. The van der Waals surface area contributed by atoms with Gasteiger partial charge in [-0.05, 0) is 53.1 Å². The molecular weight excluding hydrogens is 394 g/mol. The van der Waals surface area contributed by atoms with Gasteiger partial charge in [0, 0.05) is 36.3 Å². The summed E-state index contributed by atoms with van der Waals surface area (Å²) < 4.78 is 0. The topological polar surface area (TPSA) is 112 Å². The number of hydrogen-bond acceptors (Lipinski definition) is 6. The van der Waals surface area contributed by atoms with Crippen molar-refractivity contribution >= 4 is 29.5 Å². The average Bonchev–Trinajstić information content (AvgIpc) is 2.77. The lowest BCUT2D eigenvalue weighted by atomic mass is 9.93. The summed E-state index contributed by atoms with van der Waals surface area (Å²) in [5.74, 6) is -1.35. The Morgan fingerprint density at radius 1 is 0.839 bits per heavy atom. The number of aromatic hydroxyl groups is 2. The van der Waals surface area contributed by atoms with Crippen LogP contribution in [0.2, 0.25) is 0 Å². The van der Waals surface area contributed by atoms with E-state index in [4.69, 9.17) is 0 Å². The molecule has 0 atom stereocenters. The summed E-state index contributed by atoms with van der Waals surface area (Å²) in [6, 6.07) is 13.5. The summed E-state index contributed by atoms with van der Waals surface area (Å²) in [4.78, 5) is 28.7. The number of hydrogen-bond donors (Lipinski definition) is 4. The Balaban J connectivity index is 1.60. The van der Waals surface area contributed by atoms with Gasteiger partial charge in [0.25, 0.3) is 11.8 Å². The third kappa shape index (κ3) is 4.45. The van der Waals surface area contributed by atoms with Crippen LogP contribution in [0.3, 0.4) is 0 Å². The van der Waals surface area contributed by atoms with Gasteiger partial charge in [0.15, 0.2) is 11.5 Å². The number of aromatic nitrogens is 1. The molecule has 0 spiro atoms. The van der Waals surface area contributed by atoms with Crippen molar-refractivity contribution in [3.05, 3.63) is 94.9 Å². The van der Waals surface area contributed by atoms with E-state index in [9.17, 15) is 19.8 Å². The molecule has 0 fully saturated rings. The first kappa shape index (κ1) is 19.9. The fourth-order valence-electron chi connectivity index (χ4n) is 3.21. The third-order valence-electron chi connectivity index (χ3n) is 4.82. The molecule has 3 aromatic rings. The zero-order chi connectivity index (χ0) is 21.8. The summed E-state index contributed by atoms with van der Waals surface area (Å²) in [7, 11) is 0. The van der Waals surface area contributed by atoms with Crippen molar-refractivity contribution in [3.63, 3.8) is 0 Å². The van der Waals surface area contributed by atoms with Gasteiger partial charge >= 0.3 is 0 Å². The highest BCUT2D eigenvalue weighted by molar-refractivity contribution is 6.31. The van der Waals surface area contributed by atoms with E-state index in [0.29, 0.717) is 28.8 Å². The van der Waals surface area contributed by atoms with Crippen LogP contribution in [0, 0.1) is 0 Å². The maximum atomic E-state index is 12.5. The van der Waals surface area contributed by atoms with Crippen molar-refractivity contribution in [3.8, 4) is 11.5 Å². The van der Waals surface area contributed by atoms with Gasteiger partial charge in [-0.2, -0.15) is 0 Å². The molecule has 7 heteroatoms. The largest absolute Gasteiger partial charge is 0.504 e. The zero-order valence-corrected chi connectivity index (χ0v) is 16.4. The Morgan fingerprint density at radius 3 is 2.39 bits per heavy atom.